The van der Waals surface area contributed by atoms with Crippen LogP contribution in [0.5, 0.6) is 0 Å². The highest BCUT2D eigenvalue weighted by Crippen LogP contribution is 2.33. The summed E-state index contributed by atoms with van der Waals surface area (Å²) in [7, 11) is 0. The van der Waals surface area contributed by atoms with Gasteiger partial charge in [-0.3, -0.25) is 4.79 Å². The molecule has 0 spiro atoms. The van der Waals surface area contributed by atoms with Crippen molar-refractivity contribution in [2.45, 2.75) is 30.4 Å². The lowest BCUT2D eigenvalue weighted by atomic mass is 10.2. The summed E-state index contributed by atoms with van der Waals surface area (Å²) in [4.78, 5) is 21.2. The number of nitrogens with zero attached hydrogens (tertiary/aromatic N) is 1. The molecule has 0 saturated heterocycles. The number of fused-ring (bicyclic) bond motifs is 1. The molecule has 5 nitrogen and oxygen atoms in total. The Labute approximate surface area is 161 Å². The highest BCUT2D eigenvalue weighted by atomic mass is 32.2. The lowest BCUT2D eigenvalue weighted by molar-refractivity contribution is 0.0917. The van der Waals surface area contributed by atoms with E-state index < -0.39 is 0 Å². The number of amides is 1. The van der Waals surface area contributed by atoms with Crippen molar-refractivity contribution in [2.75, 3.05) is 0 Å². The summed E-state index contributed by atoms with van der Waals surface area (Å²) in [5.41, 5.74) is 4.21. The molecule has 6 heteroatoms. The Bertz CT molecular complexity index is 1060. The summed E-state index contributed by atoms with van der Waals surface area (Å²) in [6, 6.07) is 17.5. The summed E-state index contributed by atoms with van der Waals surface area (Å²) in [6.45, 7) is 4.45. The first kappa shape index (κ1) is 17.4. The number of aromatic amines is 1. The molecule has 0 aliphatic heterocycles. The molecule has 27 heavy (non-hydrogen) atoms. The van der Waals surface area contributed by atoms with Crippen molar-refractivity contribution in [3.8, 4) is 0 Å². The normalized spacial score (nSPS) is 11.0. The molecule has 0 saturated carbocycles. The predicted molar refractivity (Wildman–Crippen MR) is 106 cm³/mol. The number of nitrogens with one attached hydrogen (secondary N) is 2. The van der Waals surface area contributed by atoms with Gasteiger partial charge in [-0.15, -0.1) is 0 Å². The first-order valence-corrected chi connectivity index (χ1v) is 9.47. The highest BCUT2D eigenvalue weighted by molar-refractivity contribution is 7.99. The van der Waals surface area contributed by atoms with Crippen molar-refractivity contribution in [3.05, 3.63) is 77.3 Å². The van der Waals surface area contributed by atoms with Crippen LogP contribution in [0.1, 0.15) is 27.5 Å². The highest BCUT2D eigenvalue weighted by Gasteiger charge is 2.14. The fraction of sp³-hybridized carbons (Fsp3) is 0.143. The maximum absolute atomic E-state index is 12.4. The largest absolute Gasteiger partial charge is 0.444 e. The van der Waals surface area contributed by atoms with E-state index in [-0.39, 0.29) is 5.91 Å². The molecular formula is C21H19N3O2S. The van der Waals surface area contributed by atoms with Crippen molar-refractivity contribution >= 4 is 28.7 Å². The van der Waals surface area contributed by atoms with Crippen molar-refractivity contribution in [2.24, 2.45) is 0 Å². The first-order chi connectivity index (χ1) is 13.1. The summed E-state index contributed by atoms with van der Waals surface area (Å²) in [6.07, 6.45) is 0. The van der Waals surface area contributed by atoms with E-state index in [9.17, 15) is 4.79 Å². The van der Waals surface area contributed by atoms with Crippen LogP contribution in [0.3, 0.4) is 0 Å². The number of H-pyrrole nitrogens is 1. The lowest BCUT2D eigenvalue weighted by Gasteiger charge is -2.06. The lowest BCUT2D eigenvalue weighted by Crippen LogP contribution is -2.22. The van der Waals surface area contributed by atoms with Crippen LogP contribution in [0.15, 0.2) is 69.0 Å². The van der Waals surface area contributed by atoms with Gasteiger partial charge in [-0.1, -0.05) is 42.1 Å². The topological polar surface area (TPSA) is 70.9 Å². The molecule has 0 radical (unpaired) electrons. The molecule has 1 amide bonds. The minimum atomic E-state index is -0.260. The predicted octanol–water partition coefficient (Wildman–Crippen LogP) is 4.85. The maximum Gasteiger partial charge on any atom is 0.287 e. The van der Waals surface area contributed by atoms with Gasteiger partial charge in [0.05, 0.1) is 17.6 Å². The van der Waals surface area contributed by atoms with Crippen LogP contribution in [0.25, 0.3) is 11.0 Å². The third kappa shape index (κ3) is 3.75. The van der Waals surface area contributed by atoms with E-state index in [1.54, 1.807) is 6.07 Å². The summed E-state index contributed by atoms with van der Waals surface area (Å²) in [5.74, 6) is 0.741. The number of aryl methyl sites for hydroxylation is 2. The van der Waals surface area contributed by atoms with E-state index in [0.29, 0.717) is 23.2 Å². The Kier molecular flexibility index (Phi) is 4.73. The van der Waals surface area contributed by atoms with Gasteiger partial charge in [0.2, 0.25) is 0 Å². The smallest absolute Gasteiger partial charge is 0.287 e. The fourth-order valence-corrected chi connectivity index (χ4v) is 3.83. The van der Waals surface area contributed by atoms with Crippen molar-refractivity contribution in [3.63, 3.8) is 0 Å². The van der Waals surface area contributed by atoms with Gasteiger partial charge in [-0.2, -0.15) is 0 Å². The fourth-order valence-electron chi connectivity index (χ4n) is 2.90. The molecule has 136 valence electrons. The molecule has 0 aliphatic carbocycles. The SMILES string of the molecule is Cc1cccc(C)c1Sc1ccc(C(=O)NCc2nc3ccccc3[nH]2)o1. The van der Waals surface area contributed by atoms with Gasteiger partial charge in [0.15, 0.2) is 10.9 Å². The quantitative estimate of drug-likeness (QED) is 0.521. The zero-order valence-corrected chi connectivity index (χ0v) is 15.9. The molecule has 0 bridgehead atoms. The average molecular weight is 377 g/mol. The van der Waals surface area contributed by atoms with Crippen molar-refractivity contribution < 1.29 is 9.21 Å². The molecule has 2 aromatic heterocycles. The number of carbonyl (C=O) groups is 1. The van der Waals surface area contributed by atoms with E-state index in [4.69, 9.17) is 4.42 Å². The molecular weight excluding hydrogens is 358 g/mol. The van der Waals surface area contributed by atoms with Gasteiger partial charge >= 0.3 is 0 Å². The summed E-state index contributed by atoms with van der Waals surface area (Å²) < 4.78 is 5.73. The number of imidazole rings is 1. The molecule has 4 rings (SSSR count). The van der Waals surface area contributed by atoms with E-state index >= 15 is 0 Å². The molecule has 0 aliphatic rings. The Hall–Kier alpha value is -2.99. The number of furan rings is 1. The van der Waals surface area contributed by atoms with E-state index in [1.807, 2.05) is 36.4 Å². The minimum Gasteiger partial charge on any atom is -0.444 e. The van der Waals surface area contributed by atoms with Crippen LogP contribution in [0, 0.1) is 13.8 Å². The van der Waals surface area contributed by atoms with Gasteiger partial charge in [0.25, 0.3) is 5.91 Å². The van der Waals surface area contributed by atoms with Gasteiger partial charge in [-0.25, -0.2) is 4.98 Å². The van der Waals surface area contributed by atoms with Gasteiger partial charge in [0.1, 0.15) is 5.82 Å². The molecule has 2 heterocycles. The Morgan fingerprint density at radius 2 is 1.85 bits per heavy atom. The maximum atomic E-state index is 12.4. The number of para-hydroxylation sites is 2. The van der Waals surface area contributed by atoms with Crippen molar-refractivity contribution in [1.29, 1.82) is 0 Å². The second kappa shape index (κ2) is 7.32. The van der Waals surface area contributed by atoms with Crippen molar-refractivity contribution in [1.82, 2.24) is 15.3 Å². The third-order valence-electron chi connectivity index (χ3n) is 4.27. The van der Waals surface area contributed by atoms with Crippen LogP contribution in [-0.2, 0) is 6.54 Å². The van der Waals surface area contributed by atoms with Gasteiger partial charge < -0.3 is 14.7 Å². The van der Waals surface area contributed by atoms with E-state index in [0.717, 1.165) is 15.9 Å². The first-order valence-electron chi connectivity index (χ1n) is 8.66. The molecule has 4 aromatic rings. The Morgan fingerprint density at radius 1 is 1.07 bits per heavy atom. The van der Waals surface area contributed by atoms with Crippen LogP contribution in [0.2, 0.25) is 0 Å². The van der Waals surface area contributed by atoms with Crippen LogP contribution >= 0.6 is 11.8 Å². The number of carbonyl (C=O) groups excluding carboxylic acids is 1. The second-order valence-corrected chi connectivity index (χ2v) is 7.34. The zero-order chi connectivity index (χ0) is 18.8. The minimum absolute atomic E-state index is 0.260. The Balaban J connectivity index is 1.42. The summed E-state index contributed by atoms with van der Waals surface area (Å²) in [5, 5.41) is 3.54. The van der Waals surface area contributed by atoms with E-state index in [1.165, 1.54) is 22.9 Å². The zero-order valence-electron chi connectivity index (χ0n) is 15.1. The molecule has 0 fully saturated rings. The molecule has 2 aromatic carbocycles. The Morgan fingerprint density at radius 3 is 2.63 bits per heavy atom. The number of hydrogen-bond acceptors (Lipinski definition) is 4. The van der Waals surface area contributed by atoms with E-state index in [2.05, 4.69) is 41.3 Å². The van der Waals surface area contributed by atoms with Gasteiger partial charge in [0, 0.05) is 4.90 Å². The number of hydrogen-bond donors (Lipinski definition) is 2. The molecule has 0 atom stereocenters. The molecule has 0 unspecified atom stereocenters. The second-order valence-electron chi connectivity index (χ2n) is 6.33. The average Bonchev–Trinajstić information content (AvgIpc) is 3.29. The van der Waals surface area contributed by atoms with Gasteiger partial charge in [-0.05, 0) is 49.2 Å². The summed E-state index contributed by atoms with van der Waals surface area (Å²) >= 11 is 1.53. The third-order valence-corrected chi connectivity index (χ3v) is 5.54. The number of aromatic nitrogens is 2. The monoisotopic (exact) mass is 377 g/mol. The van der Waals surface area contributed by atoms with Crippen LogP contribution < -0.4 is 5.32 Å². The van der Waals surface area contributed by atoms with Crippen LogP contribution in [0.4, 0.5) is 0 Å². The number of benzene rings is 2. The number of rotatable bonds is 5. The molecule has 2 N–H and O–H groups in total. The standard InChI is InChI=1S/C21H19N3O2S/c1-13-6-5-7-14(2)20(13)27-19-11-10-17(26-19)21(25)22-12-18-23-15-8-3-4-9-16(15)24-18/h3-11H,12H2,1-2H3,(H,22,25)(H,23,24). The van der Waals surface area contributed by atoms with Crippen LogP contribution in [-0.4, -0.2) is 15.9 Å².